The molecule has 0 aliphatic carbocycles. The van der Waals surface area contributed by atoms with Gasteiger partial charge in [-0.3, -0.25) is 4.99 Å². The lowest BCUT2D eigenvalue weighted by Gasteiger charge is -1.87. The zero-order valence-corrected chi connectivity index (χ0v) is 7.36. The van der Waals surface area contributed by atoms with E-state index in [4.69, 9.17) is 23.2 Å². The molecule has 0 atom stereocenters. The van der Waals surface area contributed by atoms with E-state index in [9.17, 15) is 0 Å². The third kappa shape index (κ3) is 3.43. The molecule has 0 aromatic rings. The lowest BCUT2D eigenvalue weighted by atomic mass is 10.4. The van der Waals surface area contributed by atoms with Gasteiger partial charge in [-0.05, 0) is 12.2 Å². The highest BCUT2D eigenvalue weighted by molar-refractivity contribution is 6.65. The number of aliphatic imine (C=N–C) groups is 1. The summed E-state index contributed by atoms with van der Waals surface area (Å²) < 4.78 is 0. The molecule has 0 fully saturated rings. The SMILES string of the molecule is ClC1=C=CC/N=C(/Cl)C/C=C\1. The lowest BCUT2D eigenvalue weighted by Crippen LogP contribution is -1.84. The summed E-state index contributed by atoms with van der Waals surface area (Å²) in [5.41, 5.74) is 2.85. The van der Waals surface area contributed by atoms with Crippen molar-refractivity contribution in [2.24, 2.45) is 4.99 Å². The van der Waals surface area contributed by atoms with E-state index in [1.54, 1.807) is 12.2 Å². The summed E-state index contributed by atoms with van der Waals surface area (Å²) in [6, 6.07) is 0. The van der Waals surface area contributed by atoms with Crippen LogP contribution in [0.2, 0.25) is 0 Å². The molecule has 1 heterocycles. The molecule has 0 unspecified atom stereocenters. The maximum atomic E-state index is 5.71. The second-order valence-corrected chi connectivity index (χ2v) is 2.86. The Labute approximate surface area is 75.7 Å². The lowest BCUT2D eigenvalue weighted by molar-refractivity contribution is 1.24. The van der Waals surface area contributed by atoms with Crippen LogP contribution in [-0.4, -0.2) is 11.7 Å². The molecule has 0 spiro atoms. The van der Waals surface area contributed by atoms with Gasteiger partial charge >= 0.3 is 0 Å². The zero-order chi connectivity index (χ0) is 8.10. The molecule has 0 radical (unpaired) electrons. The maximum absolute atomic E-state index is 5.71. The quantitative estimate of drug-likeness (QED) is 0.518. The largest absolute Gasteiger partial charge is 0.272 e. The van der Waals surface area contributed by atoms with Gasteiger partial charge in [0.1, 0.15) is 5.17 Å². The summed E-state index contributed by atoms with van der Waals surface area (Å²) in [5.74, 6) is 0. The molecule has 1 aliphatic heterocycles. The fourth-order valence-corrected chi connectivity index (χ4v) is 0.984. The summed E-state index contributed by atoms with van der Waals surface area (Å²) in [6.45, 7) is 0.552. The van der Waals surface area contributed by atoms with Gasteiger partial charge < -0.3 is 0 Å². The number of rotatable bonds is 0. The number of hydrogen-bond donors (Lipinski definition) is 0. The first kappa shape index (κ1) is 8.61. The third-order valence-corrected chi connectivity index (χ3v) is 1.65. The average Bonchev–Trinajstić information content (AvgIpc) is 2.04. The normalized spacial score (nSPS) is 25.6. The Morgan fingerprint density at radius 3 is 3.09 bits per heavy atom. The molecule has 0 amide bonds. The third-order valence-electron chi connectivity index (χ3n) is 1.14. The predicted octanol–water partition coefficient (Wildman–Crippen LogP) is 2.86. The molecule has 0 N–H and O–H groups in total. The van der Waals surface area contributed by atoms with Gasteiger partial charge in [0.05, 0.1) is 11.6 Å². The highest BCUT2D eigenvalue weighted by Crippen LogP contribution is 2.05. The van der Waals surface area contributed by atoms with Gasteiger partial charge in [0.15, 0.2) is 0 Å². The first-order valence-electron chi connectivity index (χ1n) is 3.25. The average molecular weight is 188 g/mol. The van der Waals surface area contributed by atoms with Crippen LogP contribution in [0.15, 0.2) is 34.0 Å². The minimum atomic E-state index is 0.552. The summed E-state index contributed by atoms with van der Waals surface area (Å²) >= 11 is 11.4. The van der Waals surface area contributed by atoms with Crippen molar-refractivity contribution in [2.75, 3.05) is 6.54 Å². The van der Waals surface area contributed by atoms with E-state index in [1.807, 2.05) is 6.08 Å². The second-order valence-electron chi connectivity index (χ2n) is 2.02. The van der Waals surface area contributed by atoms with Crippen LogP contribution in [0.4, 0.5) is 0 Å². The van der Waals surface area contributed by atoms with E-state index in [0.717, 1.165) is 0 Å². The standard InChI is InChI=1S/C8H7Cl2N/c9-7-3-1-5-8(10)11-6-2-4-7/h1-3H,5-6H2/b3-1-,11-8+. The van der Waals surface area contributed by atoms with Crippen molar-refractivity contribution < 1.29 is 0 Å². The topological polar surface area (TPSA) is 12.4 Å². The van der Waals surface area contributed by atoms with Crippen molar-refractivity contribution in [1.82, 2.24) is 0 Å². The van der Waals surface area contributed by atoms with Gasteiger partial charge in [-0.15, -0.1) is 5.73 Å². The summed E-state index contributed by atoms with van der Waals surface area (Å²) in [4.78, 5) is 4.02. The molecule has 3 heteroatoms. The summed E-state index contributed by atoms with van der Waals surface area (Å²) in [7, 11) is 0. The van der Waals surface area contributed by atoms with Crippen molar-refractivity contribution >= 4 is 28.4 Å². The summed E-state index contributed by atoms with van der Waals surface area (Å²) in [5, 5.41) is 1.19. The molecule has 1 rings (SSSR count). The number of allylic oxidation sites excluding steroid dienone is 2. The van der Waals surface area contributed by atoms with E-state index in [0.29, 0.717) is 23.2 Å². The van der Waals surface area contributed by atoms with Crippen LogP contribution in [0.3, 0.4) is 0 Å². The van der Waals surface area contributed by atoms with E-state index < -0.39 is 0 Å². The summed E-state index contributed by atoms with van der Waals surface area (Å²) in [6.07, 6.45) is 6.02. The van der Waals surface area contributed by atoms with Crippen LogP contribution in [0, 0.1) is 0 Å². The Kier molecular flexibility index (Phi) is 3.44. The van der Waals surface area contributed by atoms with Crippen LogP contribution in [0.5, 0.6) is 0 Å². The molecule has 1 nitrogen and oxygen atoms in total. The molecule has 0 aromatic heterocycles. The Balaban J connectivity index is 2.79. The van der Waals surface area contributed by atoms with E-state index in [-0.39, 0.29) is 0 Å². The van der Waals surface area contributed by atoms with Gasteiger partial charge in [-0.25, -0.2) is 0 Å². The van der Waals surface area contributed by atoms with Crippen molar-refractivity contribution in [3.63, 3.8) is 0 Å². The molecule has 58 valence electrons. The van der Waals surface area contributed by atoms with Crippen molar-refractivity contribution in [3.05, 3.63) is 29.0 Å². The minimum Gasteiger partial charge on any atom is -0.272 e. The van der Waals surface area contributed by atoms with Crippen LogP contribution < -0.4 is 0 Å². The maximum Gasteiger partial charge on any atom is 0.104 e. The van der Waals surface area contributed by atoms with Crippen LogP contribution in [-0.2, 0) is 0 Å². The second kappa shape index (κ2) is 4.40. The number of hydrogen-bond acceptors (Lipinski definition) is 1. The Bertz CT molecular complexity index is 257. The Morgan fingerprint density at radius 1 is 1.45 bits per heavy atom. The highest BCUT2D eigenvalue weighted by Gasteiger charge is 1.90. The van der Waals surface area contributed by atoms with E-state index in [1.165, 1.54) is 0 Å². The van der Waals surface area contributed by atoms with Crippen molar-refractivity contribution in [3.8, 4) is 0 Å². The van der Waals surface area contributed by atoms with Crippen molar-refractivity contribution in [2.45, 2.75) is 6.42 Å². The fraction of sp³-hybridized carbons (Fsp3) is 0.250. The molecular weight excluding hydrogens is 181 g/mol. The van der Waals surface area contributed by atoms with Crippen LogP contribution in [0.1, 0.15) is 6.42 Å². The zero-order valence-electron chi connectivity index (χ0n) is 5.85. The monoisotopic (exact) mass is 187 g/mol. The van der Waals surface area contributed by atoms with Gasteiger partial charge in [-0.1, -0.05) is 29.3 Å². The van der Waals surface area contributed by atoms with E-state index in [2.05, 4.69) is 10.7 Å². The van der Waals surface area contributed by atoms with Gasteiger partial charge in [0, 0.05) is 6.42 Å². The van der Waals surface area contributed by atoms with Crippen LogP contribution >= 0.6 is 23.2 Å². The van der Waals surface area contributed by atoms with Gasteiger partial charge in [0.2, 0.25) is 0 Å². The fourth-order valence-electron chi connectivity index (χ4n) is 0.660. The van der Waals surface area contributed by atoms with E-state index >= 15 is 0 Å². The molecule has 1 aliphatic rings. The molecular formula is C8H7Cl2N. The first-order chi connectivity index (χ1) is 5.29. The molecule has 0 saturated heterocycles. The van der Waals surface area contributed by atoms with Crippen molar-refractivity contribution in [1.29, 1.82) is 0 Å². The van der Waals surface area contributed by atoms with Gasteiger partial charge in [-0.2, -0.15) is 0 Å². The predicted molar refractivity (Wildman–Crippen MR) is 49.4 cm³/mol. The number of nitrogens with zero attached hydrogens (tertiary/aromatic N) is 1. The first-order valence-corrected chi connectivity index (χ1v) is 4.00. The van der Waals surface area contributed by atoms with Crippen LogP contribution in [0.25, 0.3) is 0 Å². The molecule has 0 bridgehead atoms. The Hall–Kier alpha value is -0.490. The molecule has 11 heavy (non-hydrogen) atoms. The molecule has 0 aromatic carbocycles. The highest BCUT2D eigenvalue weighted by atomic mass is 35.5. The minimum absolute atomic E-state index is 0.552. The Morgan fingerprint density at radius 2 is 2.27 bits per heavy atom. The smallest absolute Gasteiger partial charge is 0.104 e. The number of halogens is 2. The molecule has 0 saturated carbocycles. The van der Waals surface area contributed by atoms with Gasteiger partial charge in [0.25, 0.3) is 0 Å².